The van der Waals surface area contributed by atoms with Gasteiger partial charge in [-0.3, -0.25) is 0 Å². The molecular weight excluding hydrogens is 132 g/mol. The van der Waals surface area contributed by atoms with E-state index in [4.69, 9.17) is 5.11 Å². The van der Waals surface area contributed by atoms with Crippen LogP contribution < -0.4 is 0 Å². The van der Waals surface area contributed by atoms with Crippen LogP contribution in [-0.4, -0.2) is 35.6 Å². The third-order valence-corrected chi connectivity index (χ3v) is 1.23. The van der Waals surface area contributed by atoms with Crippen LogP contribution in [0.4, 0.5) is 0 Å². The van der Waals surface area contributed by atoms with Crippen LogP contribution in [0.2, 0.25) is 0 Å². The minimum atomic E-state index is -0.215. The molecule has 1 N–H and O–H groups in total. The predicted molar refractivity (Wildman–Crippen MR) is 38.3 cm³/mol. The van der Waals surface area contributed by atoms with Crippen LogP contribution in [-0.2, 0) is 0 Å². The van der Waals surface area contributed by atoms with Gasteiger partial charge in [-0.1, -0.05) is 0 Å². The van der Waals surface area contributed by atoms with E-state index < -0.39 is 0 Å². The molecule has 5 heteroatoms. The van der Waals surface area contributed by atoms with Crippen molar-refractivity contribution in [3.05, 3.63) is 0 Å². The summed E-state index contributed by atoms with van der Waals surface area (Å²) in [6.45, 7) is 0.380. The maximum atomic E-state index is 8.79. The second-order valence-electron chi connectivity index (χ2n) is 1.87. The predicted octanol–water partition coefficient (Wildman–Crippen LogP) is -0.205. The SMILES string of the molecule is OC1=NCC2=NC=NC2=N1. The van der Waals surface area contributed by atoms with Gasteiger partial charge in [0, 0.05) is 0 Å². The van der Waals surface area contributed by atoms with Crippen LogP contribution in [0.3, 0.4) is 0 Å². The fourth-order valence-electron chi connectivity index (χ4n) is 0.766. The Labute approximate surface area is 56.6 Å². The van der Waals surface area contributed by atoms with Crippen molar-refractivity contribution >= 4 is 23.9 Å². The highest BCUT2D eigenvalue weighted by molar-refractivity contribution is 6.48. The Balaban J connectivity index is 2.43. The van der Waals surface area contributed by atoms with E-state index in [1.54, 1.807) is 0 Å². The molecule has 0 saturated heterocycles. The van der Waals surface area contributed by atoms with E-state index in [1.807, 2.05) is 0 Å². The van der Waals surface area contributed by atoms with Crippen LogP contribution in [0, 0.1) is 0 Å². The first-order valence-electron chi connectivity index (χ1n) is 2.78. The van der Waals surface area contributed by atoms with Crippen molar-refractivity contribution in [2.45, 2.75) is 0 Å². The summed E-state index contributed by atoms with van der Waals surface area (Å²) < 4.78 is 0. The Morgan fingerprint density at radius 2 is 2.40 bits per heavy atom. The van der Waals surface area contributed by atoms with E-state index in [0.717, 1.165) is 5.71 Å². The molecule has 10 heavy (non-hydrogen) atoms. The number of aliphatic hydroxyl groups excluding tert-OH is 1. The standard InChI is InChI=1S/C5H4N4O/c10-5-6-1-3-4(9-5)8-2-7-3/h2H,1H2,(H,6,10). The van der Waals surface area contributed by atoms with Gasteiger partial charge in [0.2, 0.25) is 0 Å². The van der Waals surface area contributed by atoms with Crippen molar-refractivity contribution in [2.75, 3.05) is 6.54 Å². The van der Waals surface area contributed by atoms with Crippen molar-refractivity contribution < 1.29 is 5.11 Å². The smallest absolute Gasteiger partial charge is 0.311 e. The average Bonchev–Trinajstić information content (AvgIpc) is 2.33. The van der Waals surface area contributed by atoms with Gasteiger partial charge in [0.05, 0.1) is 6.54 Å². The molecule has 0 bridgehead atoms. The van der Waals surface area contributed by atoms with Crippen LogP contribution in [0.1, 0.15) is 0 Å². The molecule has 0 aromatic rings. The highest BCUT2D eigenvalue weighted by atomic mass is 16.3. The van der Waals surface area contributed by atoms with Gasteiger partial charge in [-0.25, -0.2) is 15.0 Å². The number of nitrogens with zero attached hydrogens (tertiary/aromatic N) is 4. The molecular formula is C5H4N4O. The van der Waals surface area contributed by atoms with E-state index in [-0.39, 0.29) is 6.02 Å². The summed E-state index contributed by atoms with van der Waals surface area (Å²) in [5.74, 6) is 0.479. The van der Waals surface area contributed by atoms with Crippen molar-refractivity contribution in [1.82, 2.24) is 0 Å². The van der Waals surface area contributed by atoms with Gasteiger partial charge in [-0.15, -0.1) is 0 Å². The molecule has 2 aliphatic rings. The molecule has 0 saturated carbocycles. The van der Waals surface area contributed by atoms with Crippen molar-refractivity contribution in [2.24, 2.45) is 20.0 Å². The lowest BCUT2D eigenvalue weighted by Crippen LogP contribution is -2.19. The second-order valence-corrected chi connectivity index (χ2v) is 1.87. The van der Waals surface area contributed by atoms with Gasteiger partial charge < -0.3 is 5.11 Å². The fourth-order valence-corrected chi connectivity index (χ4v) is 0.766. The maximum absolute atomic E-state index is 8.79. The van der Waals surface area contributed by atoms with Gasteiger partial charge in [0.25, 0.3) is 0 Å². The number of hydrogen-bond donors (Lipinski definition) is 1. The highest BCUT2D eigenvalue weighted by Crippen LogP contribution is 2.00. The first kappa shape index (κ1) is 5.28. The van der Waals surface area contributed by atoms with Gasteiger partial charge in [-0.05, 0) is 0 Å². The quantitative estimate of drug-likeness (QED) is 0.492. The molecule has 2 heterocycles. The van der Waals surface area contributed by atoms with E-state index in [2.05, 4.69) is 20.0 Å². The molecule has 0 spiro atoms. The third-order valence-electron chi connectivity index (χ3n) is 1.23. The summed E-state index contributed by atoms with van der Waals surface area (Å²) in [5, 5.41) is 8.79. The lowest BCUT2D eigenvalue weighted by Gasteiger charge is -2.01. The minimum Gasteiger partial charge on any atom is -0.479 e. The Morgan fingerprint density at radius 1 is 1.50 bits per heavy atom. The highest BCUT2D eigenvalue weighted by Gasteiger charge is 2.16. The zero-order valence-corrected chi connectivity index (χ0v) is 5.02. The molecule has 2 rings (SSSR count). The number of aliphatic imine (C=N–C) groups is 4. The minimum absolute atomic E-state index is 0.215. The zero-order chi connectivity index (χ0) is 6.97. The van der Waals surface area contributed by atoms with Gasteiger partial charge >= 0.3 is 6.02 Å². The van der Waals surface area contributed by atoms with Gasteiger partial charge in [-0.2, -0.15) is 4.99 Å². The monoisotopic (exact) mass is 136 g/mol. The van der Waals surface area contributed by atoms with Crippen LogP contribution >= 0.6 is 0 Å². The summed E-state index contributed by atoms with van der Waals surface area (Å²) in [4.78, 5) is 14.9. The van der Waals surface area contributed by atoms with E-state index >= 15 is 0 Å². The molecule has 0 radical (unpaired) electrons. The summed E-state index contributed by atoms with van der Waals surface area (Å²) in [6.07, 6.45) is 1.41. The summed E-state index contributed by atoms with van der Waals surface area (Å²) in [7, 11) is 0. The van der Waals surface area contributed by atoms with Crippen molar-refractivity contribution in [3.8, 4) is 0 Å². The van der Waals surface area contributed by atoms with E-state index in [0.29, 0.717) is 12.4 Å². The molecule has 0 aliphatic carbocycles. The Hall–Kier alpha value is -1.52. The second kappa shape index (κ2) is 1.73. The van der Waals surface area contributed by atoms with Crippen molar-refractivity contribution in [3.63, 3.8) is 0 Å². The molecule has 5 nitrogen and oxygen atoms in total. The summed E-state index contributed by atoms with van der Waals surface area (Å²) >= 11 is 0. The van der Waals surface area contributed by atoms with E-state index in [1.165, 1.54) is 6.34 Å². The molecule has 0 aromatic heterocycles. The van der Waals surface area contributed by atoms with Gasteiger partial charge in [0.15, 0.2) is 5.84 Å². The first-order valence-corrected chi connectivity index (χ1v) is 2.78. The maximum Gasteiger partial charge on any atom is 0.311 e. The molecule has 0 unspecified atom stereocenters. The fraction of sp³-hybridized carbons (Fsp3) is 0.200. The summed E-state index contributed by atoms with van der Waals surface area (Å²) in [5.41, 5.74) is 0.720. The lowest BCUT2D eigenvalue weighted by molar-refractivity contribution is 0.540. The molecule has 0 aromatic carbocycles. The Bertz CT molecular complexity index is 286. The number of fused-ring (bicyclic) bond motifs is 1. The Kier molecular flexibility index (Phi) is 0.913. The topological polar surface area (TPSA) is 69.7 Å². The number of rotatable bonds is 0. The zero-order valence-electron chi connectivity index (χ0n) is 5.02. The molecule has 0 fully saturated rings. The normalized spacial score (nSPS) is 21.4. The number of amidine groups is 2. The molecule has 0 atom stereocenters. The molecule has 2 aliphatic heterocycles. The van der Waals surface area contributed by atoms with Crippen LogP contribution in [0.5, 0.6) is 0 Å². The lowest BCUT2D eigenvalue weighted by atomic mass is 10.3. The molecule has 50 valence electrons. The van der Waals surface area contributed by atoms with Gasteiger partial charge in [0.1, 0.15) is 12.1 Å². The summed E-state index contributed by atoms with van der Waals surface area (Å²) in [6, 6.07) is -0.215. The van der Waals surface area contributed by atoms with Crippen molar-refractivity contribution in [1.29, 1.82) is 0 Å². The third kappa shape index (κ3) is 0.637. The average molecular weight is 136 g/mol. The number of aliphatic hydroxyl groups is 1. The van der Waals surface area contributed by atoms with Crippen LogP contribution in [0.15, 0.2) is 20.0 Å². The van der Waals surface area contributed by atoms with E-state index in [9.17, 15) is 0 Å². The largest absolute Gasteiger partial charge is 0.479 e. The number of hydrogen-bond acceptors (Lipinski definition) is 4. The first-order chi connectivity index (χ1) is 4.86. The molecule has 0 amide bonds. The Morgan fingerprint density at radius 3 is 3.30 bits per heavy atom. The van der Waals surface area contributed by atoms with Crippen LogP contribution in [0.25, 0.3) is 0 Å².